The molecule has 4 nitrogen and oxygen atoms in total. The van der Waals surface area contributed by atoms with Crippen LogP contribution >= 0.6 is 0 Å². The lowest BCUT2D eigenvalue weighted by Gasteiger charge is -2.64. The minimum absolute atomic E-state index is 0.0529. The highest BCUT2D eigenvalue weighted by atomic mass is 16.3. The Morgan fingerprint density at radius 3 is 2.15 bits per heavy atom. The van der Waals surface area contributed by atoms with Crippen molar-refractivity contribution in [1.29, 1.82) is 0 Å². The number of fused-ring (bicyclic) bond motifs is 6. The average molecular weight is 473 g/mol. The second kappa shape index (κ2) is 7.65. The summed E-state index contributed by atoms with van der Waals surface area (Å²) >= 11 is 0. The quantitative estimate of drug-likeness (QED) is 0.484. The number of hydrogen-bond donors (Lipinski definition) is 3. The summed E-state index contributed by atoms with van der Waals surface area (Å²) in [5, 5.41) is 32.1. The third-order valence-electron chi connectivity index (χ3n) is 12.7. The second-order valence-electron chi connectivity index (χ2n) is 14.8. The molecule has 4 fully saturated rings. The first kappa shape index (κ1) is 25.0. The highest BCUT2D eigenvalue weighted by molar-refractivity contribution is 5.95. The van der Waals surface area contributed by atoms with E-state index in [0.29, 0.717) is 17.8 Å². The van der Waals surface area contributed by atoms with Crippen LogP contribution in [0, 0.1) is 50.7 Å². The van der Waals surface area contributed by atoms with Crippen molar-refractivity contribution in [3.63, 3.8) is 0 Å². The number of carbonyl (C=O) groups excluding carboxylic acids is 1. The molecule has 0 amide bonds. The summed E-state index contributed by atoms with van der Waals surface area (Å²) in [7, 11) is 0. The molecule has 5 rings (SSSR count). The Bertz CT molecular complexity index is 892. The van der Waals surface area contributed by atoms with Gasteiger partial charge in [0.15, 0.2) is 5.78 Å². The van der Waals surface area contributed by atoms with Gasteiger partial charge in [-0.25, -0.2) is 0 Å². The Morgan fingerprint density at radius 1 is 0.824 bits per heavy atom. The van der Waals surface area contributed by atoms with E-state index in [0.717, 1.165) is 57.8 Å². The Kier molecular flexibility index (Phi) is 5.62. The smallest absolute Gasteiger partial charge is 0.159 e. The molecule has 0 heterocycles. The number of allylic oxidation sites excluding steroid dienone is 2. The minimum Gasteiger partial charge on any atom is -0.396 e. The van der Waals surface area contributed by atoms with Crippen LogP contribution in [0.2, 0.25) is 0 Å². The zero-order valence-corrected chi connectivity index (χ0v) is 22.4. The topological polar surface area (TPSA) is 77.8 Å². The highest BCUT2D eigenvalue weighted by Crippen LogP contribution is 2.70. The van der Waals surface area contributed by atoms with Gasteiger partial charge in [0.25, 0.3) is 0 Å². The van der Waals surface area contributed by atoms with Crippen LogP contribution in [0.3, 0.4) is 0 Å². The molecule has 3 N–H and O–H groups in total. The lowest BCUT2D eigenvalue weighted by molar-refractivity contribution is -0.189. The molecule has 10 atom stereocenters. The van der Waals surface area contributed by atoms with Crippen LogP contribution in [0.4, 0.5) is 0 Å². The van der Waals surface area contributed by atoms with Crippen molar-refractivity contribution in [2.75, 3.05) is 6.61 Å². The molecule has 0 aromatic heterocycles. The van der Waals surface area contributed by atoms with Gasteiger partial charge in [0.2, 0.25) is 0 Å². The van der Waals surface area contributed by atoms with Crippen LogP contribution in [-0.2, 0) is 4.79 Å². The van der Waals surface area contributed by atoms with E-state index in [-0.39, 0.29) is 34.6 Å². The highest BCUT2D eigenvalue weighted by Gasteiger charge is 2.64. The van der Waals surface area contributed by atoms with Crippen molar-refractivity contribution in [2.24, 2.45) is 50.7 Å². The Balaban J connectivity index is 1.54. The van der Waals surface area contributed by atoms with Crippen molar-refractivity contribution < 1.29 is 20.1 Å². The maximum atomic E-state index is 13.6. The van der Waals surface area contributed by atoms with Crippen LogP contribution < -0.4 is 0 Å². The molecule has 0 spiro atoms. The van der Waals surface area contributed by atoms with Crippen LogP contribution in [0.5, 0.6) is 0 Å². The second-order valence-corrected chi connectivity index (χ2v) is 14.8. The third kappa shape index (κ3) is 3.10. The molecule has 0 aromatic carbocycles. The number of hydrogen-bond acceptors (Lipinski definition) is 4. The molecule has 0 saturated heterocycles. The summed E-state index contributed by atoms with van der Waals surface area (Å²) in [6.45, 7) is 13.6. The molecular formula is C30H48O4. The minimum atomic E-state index is -0.427. The van der Waals surface area contributed by atoms with E-state index in [1.165, 1.54) is 5.57 Å². The van der Waals surface area contributed by atoms with E-state index >= 15 is 0 Å². The fourth-order valence-electron chi connectivity index (χ4n) is 10.9. The molecule has 5 aliphatic carbocycles. The van der Waals surface area contributed by atoms with Crippen molar-refractivity contribution in [1.82, 2.24) is 0 Å². The van der Waals surface area contributed by atoms with Crippen molar-refractivity contribution >= 4 is 5.78 Å². The number of aliphatic hydroxyl groups is 3. The third-order valence-corrected chi connectivity index (χ3v) is 12.7. The molecule has 4 heteroatoms. The molecule has 4 saturated carbocycles. The zero-order valence-electron chi connectivity index (χ0n) is 22.4. The van der Waals surface area contributed by atoms with Crippen LogP contribution in [0.15, 0.2) is 11.6 Å². The SMILES string of the molecule is CC1(C)[C@H](O)CC[C@]2(C)[C@H]3CC[C@@H]4[C@@](C)(CC[C@@H]5[C@]4(C)CC[C@H](O)[C@]5(C)CO)CC3=CC(=O)[C@@H]12. The molecule has 34 heavy (non-hydrogen) atoms. The monoisotopic (exact) mass is 472 g/mol. The number of rotatable bonds is 1. The number of carbonyl (C=O) groups is 1. The Morgan fingerprint density at radius 2 is 1.47 bits per heavy atom. The van der Waals surface area contributed by atoms with Crippen molar-refractivity contribution in [2.45, 2.75) is 112 Å². The molecule has 192 valence electrons. The standard InChI is InChI=1S/C30H48O4/c1-26(2)23(33)10-13-28(4)19-7-8-21-27(3,16-18(19)15-20(32)25(26)28)12-9-22-29(21,5)14-11-24(34)30(22,6)17-31/h15,19,21-25,31,33-34H,7-14,16-17H2,1-6H3/t19-,21+,22+,23+,24-,25-,27-,28+,29+,30+/m0/s1. The van der Waals surface area contributed by atoms with Crippen molar-refractivity contribution in [3.05, 3.63) is 11.6 Å². The average Bonchev–Trinajstić information content (AvgIpc) is 2.90. The van der Waals surface area contributed by atoms with Gasteiger partial charge in [-0.3, -0.25) is 4.79 Å². The van der Waals surface area contributed by atoms with Gasteiger partial charge in [-0.15, -0.1) is 0 Å². The van der Waals surface area contributed by atoms with Crippen LogP contribution in [0.1, 0.15) is 99.3 Å². The maximum absolute atomic E-state index is 13.6. The fourth-order valence-corrected chi connectivity index (χ4v) is 10.9. The predicted molar refractivity (Wildman–Crippen MR) is 134 cm³/mol. The van der Waals surface area contributed by atoms with Crippen LogP contribution in [-0.4, -0.2) is 39.9 Å². The summed E-state index contributed by atoms with van der Waals surface area (Å²) < 4.78 is 0. The maximum Gasteiger partial charge on any atom is 0.159 e. The van der Waals surface area contributed by atoms with E-state index in [2.05, 4.69) is 41.5 Å². The fraction of sp³-hybridized carbons (Fsp3) is 0.900. The van der Waals surface area contributed by atoms with Gasteiger partial charge < -0.3 is 15.3 Å². The molecule has 0 radical (unpaired) electrons. The predicted octanol–water partition coefficient (Wildman–Crippen LogP) is 5.29. The van der Waals surface area contributed by atoms with Crippen molar-refractivity contribution in [3.8, 4) is 0 Å². The van der Waals surface area contributed by atoms with Crippen LogP contribution in [0.25, 0.3) is 0 Å². The van der Waals surface area contributed by atoms with E-state index in [1.54, 1.807) is 0 Å². The van der Waals surface area contributed by atoms with E-state index in [9.17, 15) is 20.1 Å². The first-order valence-electron chi connectivity index (χ1n) is 14.0. The van der Waals surface area contributed by atoms with Gasteiger partial charge in [-0.05, 0) is 97.9 Å². The van der Waals surface area contributed by atoms with E-state index < -0.39 is 23.0 Å². The molecule has 5 aliphatic rings. The van der Waals surface area contributed by atoms with E-state index in [4.69, 9.17) is 0 Å². The molecule has 0 bridgehead atoms. The lowest BCUT2D eigenvalue weighted by Crippen LogP contribution is -2.60. The molecular weight excluding hydrogens is 424 g/mol. The Hall–Kier alpha value is -0.710. The largest absolute Gasteiger partial charge is 0.396 e. The molecule has 0 aliphatic heterocycles. The number of ketones is 1. The number of aliphatic hydroxyl groups excluding tert-OH is 3. The van der Waals surface area contributed by atoms with Gasteiger partial charge in [0, 0.05) is 16.7 Å². The summed E-state index contributed by atoms with van der Waals surface area (Å²) in [6, 6.07) is 0. The molecule has 0 unspecified atom stereocenters. The van der Waals surface area contributed by atoms with Gasteiger partial charge in [-0.2, -0.15) is 0 Å². The molecule has 0 aromatic rings. The Labute approximate surface area is 206 Å². The van der Waals surface area contributed by atoms with Gasteiger partial charge in [-0.1, -0.05) is 47.1 Å². The zero-order chi connectivity index (χ0) is 24.9. The first-order chi connectivity index (χ1) is 15.7. The van der Waals surface area contributed by atoms with Gasteiger partial charge >= 0.3 is 0 Å². The van der Waals surface area contributed by atoms with E-state index in [1.807, 2.05) is 6.08 Å². The lowest BCUT2D eigenvalue weighted by atomic mass is 9.42. The summed E-state index contributed by atoms with van der Waals surface area (Å²) in [4.78, 5) is 13.6. The van der Waals surface area contributed by atoms with Gasteiger partial charge in [0.1, 0.15) is 0 Å². The summed E-state index contributed by atoms with van der Waals surface area (Å²) in [5.74, 6) is 1.40. The van der Waals surface area contributed by atoms with Gasteiger partial charge in [0.05, 0.1) is 18.8 Å². The summed E-state index contributed by atoms with van der Waals surface area (Å²) in [6.07, 6.45) is 10.1. The normalized spacial score (nSPS) is 54.6. The summed E-state index contributed by atoms with van der Waals surface area (Å²) in [5.41, 5.74) is 0.722. The first-order valence-corrected chi connectivity index (χ1v) is 14.0.